The van der Waals surface area contributed by atoms with Crippen molar-refractivity contribution in [3.63, 3.8) is 0 Å². The van der Waals surface area contributed by atoms with Gasteiger partial charge in [0, 0.05) is 14.5 Å². The summed E-state index contributed by atoms with van der Waals surface area (Å²) in [5.41, 5.74) is 2.73. The van der Waals surface area contributed by atoms with Gasteiger partial charge in [-0.2, -0.15) is 0 Å². The average Bonchev–Trinajstić information content (AvgIpc) is 3.14. The lowest BCUT2D eigenvalue weighted by Gasteiger charge is -2.13. The monoisotopic (exact) mass is 555 g/mol. The van der Waals surface area contributed by atoms with E-state index in [1.807, 2.05) is 73.7 Å². The van der Waals surface area contributed by atoms with E-state index in [-0.39, 0.29) is 11.6 Å². The van der Waals surface area contributed by atoms with Gasteiger partial charge in [-0.15, -0.1) is 0 Å². The third-order valence-corrected chi connectivity index (χ3v) is 6.10. The second-order valence-electron chi connectivity index (χ2n) is 6.84. The van der Waals surface area contributed by atoms with Crippen molar-refractivity contribution in [2.24, 2.45) is 4.99 Å². The van der Waals surface area contributed by atoms with Crippen LogP contribution in [0.15, 0.2) is 86.4 Å². The smallest absolute Gasteiger partial charge is 0.363 e. The number of nitrogens with zero attached hydrogens (tertiary/aromatic N) is 1. The van der Waals surface area contributed by atoms with Gasteiger partial charge in [-0.05, 0) is 64.8 Å². The first kappa shape index (κ1) is 22.3. The standard InChI is InChI=1S/C25H19Br2NO4/c1-2-30-23-14-16(11-12-22(23)31-15-17-7-3-5-9-19(17)26)13-21-25(29)32-24(28-21)18-8-4-6-10-20(18)27/h3-14H,2,15H2,1H3/b21-13+. The summed E-state index contributed by atoms with van der Waals surface area (Å²) in [7, 11) is 0. The van der Waals surface area contributed by atoms with Crippen molar-refractivity contribution in [3.8, 4) is 11.5 Å². The van der Waals surface area contributed by atoms with Crippen LogP contribution < -0.4 is 9.47 Å². The third kappa shape index (κ3) is 5.11. The summed E-state index contributed by atoms with van der Waals surface area (Å²) in [5.74, 6) is 0.988. The molecule has 0 aliphatic carbocycles. The average molecular weight is 557 g/mol. The molecule has 0 saturated heterocycles. The number of esters is 1. The van der Waals surface area contributed by atoms with Crippen LogP contribution in [0.2, 0.25) is 0 Å². The molecule has 32 heavy (non-hydrogen) atoms. The molecule has 0 bridgehead atoms. The molecule has 3 aromatic carbocycles. The maximum Gasteiger partial charge on any atom is 0.363 e. The van der Waals surface area contributed by atoms with E-state index in [1.54, 1.807) is 6.08 Å². The Labute approximate surface area is 203 Å². The molecule has 0 aromatic heterocycles. The minimum absolute atomic E-state index is 0.222. The van der Waals surface area contributed by atoms with Crippen molar-refractivity contribution < 1.29 is 19.0 Å². The molecule has 5 nitrogen and oxygen atoms in total. The molecule has 162 valence electrons. The maximum absolute atomic E-state index is 12.4. The summed E-state index contributed by atoms with van der Waals surface area (Å²) in [5, 5.41) is 0. The molecular weight excluding hydrogens is 538 g/mol. The number of cyclic esters (lactones) is 1. The predicted molar refractivity (Wildman–Crippen MR) is 131 cm³/mol. The van der Waals surface area contributed by atoms with E-state index >= 15 is 0 Å². The molecule has 0 unspecified atom stereocenters. The summed E-state index contributed by atoms with van der Waals surface area (Å²) < 4.78 is 18.9. The fraction of sp³-hybridized carbons (Fsp3) is 0.120. The molecule has 3 aromatic rings. The first-order valence-corrected chi connectivity index (χ1v) is 11.5. The van der Waals surface area contributed by atoms with Gasteiger partial charge in [0.1, 0.15) is 6.61 Å². The highest BCUT2D eigenvalue weighted by atomic mass is 79.9. The van der Waals surface area contributed by atoms with Crippen molar-refractivity contribution in [1.82, 2.24) is 0 Å². The van der Waals surface area contributed by atoms with Gasteiger partial charge in [0.2, 0.25) is 5.90 Å². The van der Waals surface area contributed by atoms with Crippen LogP contribution in [0.25, 0.3) is 6.08 Å². The molecule has 0 amide bonds. The second kappa shape index (κ2) is 10.1. The van der Waals surface area contributed by atoms with E-state index in [9.17, 15) is 4.79 Å². The van der Waals surface area contributed by atoms with Crippen LogP contribution in [0, 0.1) is 0 Å². The Morgan fingerprint density at radius 1 is 0.938 bits per heavy atom. The SMILES string of the molecule is CCOc1cc(/C=C2/N=C(c3ccccc3Br)OC2=O)ccc1OCc1ccccc1Br. The van der Waals surface area contributed by atoms with Crippen LogP contribution in [-0.4, -0.2) is 18.5 Å². The summed E-state index contributed by atoms with van der Waals surface area (Å²) in [4.78, 5) is 16.7. The number of aliphatic imine (C=N–C) groups is 1. The first-order chi connectivity index (χ1) is 15.5. The molecule has 4 rings (SSSR count). The minimum atomic E-state index is -0.497. The van der Waals surface area contributed by atoms with E-state index in [1.165, 1.54) is 0 Å². The van der Waals surface area contributed by atoms with Crippen molar-refractivity contribution in [2.75, 3.05) is 6.61 Å². The van der Waals surface area contributed by atoms with Crippen LogP contribution in [-0.2, 0) is 16.1 Å². The zero-order chi connectivity index (χ0) is 22.5. The number of hydrogen-bond acceptors (Lipinski definition) is 5. The zero-order valence-electron chi connectivity index (χ0n) is 17.2. The van der Waals surface area contributed by atoms with E-state index < -0.39 is 5.97 Å². The highest BCUT2D eigenvalue weighted by Crippen LogP contribution is 2.32. The molecule has 0 N–H and O–H groups in total. The molecule has 1 heterocycles. The summed E-state index contributed by atoms with van der Waals surface area (Å²) in [6.45, 7) is 2.79. The molecule has 0 spiro atoms. The van der Waals surface area contributed by atoms with Gasteiger partial charge in [-0.3, -0.25) is 0 Å². The summed E-state index contributed by atoms with van der Waals surface area (Å²) >= 11 is 6.99. The molecule has 0 saturated carbocycles. The Balaban J connectivity index is 1.58. The maximum atomic E-state index is 12.4. The quantitative estimate of drug-likeness (QED) is 0.245. The van der Waals surface area contributed by atoms with Gasteiger partial charge in [-0.1, -0.05) is 52.3 Å². The summed E-state index contributed by atoms with van der Waals surface area (Å²) in [6.07, 6.45) is 1.67. The Morgan fingerprint density at radius 3 is 2.44 bits per heavy atom. The number of rotatable bonds is 7. The molecule has 1 aliphatic heterocycles. The second-order valence-corrected chi connectivity index (χ2v) is 8.54. The van der Waals surface area contributed by atoms with Gasteiger partial charge in [0.25, 0.3) is 0 Å². The minimum Gasteiger partial charge on any atom is -0.490 e. The first-order valence-electron chi connectivity index (χ1n) is 9.95. The number of halogens is 2. The Hall–Kier alpha value is -2.90. The fourth-order valence-corrected chi connectivity index (χ4v) is 3.94. The number of carbonyl (C=O) groups is 1. The lowest BCUT2D eigenvalue weighted by molar-refractivity contribution is -0.129. The van der Waals surface area contributed by atoms with Gasteiger partial charge >= 0.3 is 5.97 Å². The van der Waals surface area contributed by atoms with E-state index in [2.05, 4.69) is 36.9 Å². The Kier molecular flexibility index (Phi) is 7.07. The van der Waals surface area contributed by atoms with Crippen molar-refractivity contribution >= 4 is 49.8 Å². The normalized spacial score (nSPS) is 14.3. The molecular formula is C25H19Br2NO4. The van der Waals surface area contributed by atoms with Crippen LogP contribution in [0.1, 0.15) is 23.6 Å². The van der Waals surface area contributed by atoms with Gasteiger partial charge in [0.05, 0.1) is 12.2 Å². The third-order valence-electron chi connectivity index (χ3n) is 4.64. The highest BCUT2D eigenvalue weighted by Gasteiger charge is 2.25. The van der Waals surface area contributed by atoms with Gasteiger partial charge in [-0.25, -0.2) is 9.79 Å². The van der Waals surface area contributed by atoms with Crippen molar-refractivity contribution in [1.29, 1.82) is 0 Å². The molecule has 0 radical (unpaired) electrons. The van der Waals surface area contributed by atoms with E-state index in [0.29, 0.717) is 24.7 Å². The highest BCUT2D eigenvalue weighted by molar-refractivity contribution is 9.10. The number of hydrogen-bond donors (Lipinski definition) is 0. The Bertz CT molecular complexity index is 1220. The van der Waals surface area contributed by atoms with Crippen LogP contribution in [0.5, 0.6) is 11.5 Å². The van der Waals surface area contributed by atoms with Gasteiger partial charge in [0.15, 0.2) is 17.2 Å². The van der Waals surface area contributed by atoms with Crippen LogP contribution in [0.3, 0.4) is 0 Å². The zero-order valence-corrected chi connectivity index (χ0v) is 20.4. The van der Waals surface area contributed by atoms with E-state index in [0.717, 1.165) is 25.6 Å². The molecule has 1 aliphatic rings. The topological polar surface area (TPSA) is 57.1 Å². The number of ether oxygens (including phenoxy) is 3. The molecule has 0 atom stereocenters. The Morgan fingerprint density at radius 2 is 1.69 bits per heavy atom. The molecule has 7 heteroatoms. The van der Waals surface area contributed by atoms with Crippen molar-refractivity contribution in [2.45, 2.75) is 13.5 Å². The number of benzene rings is 3. The number of carbonyl (C=O) groups excluding carboxylic acids is 1. The predicted octanol–water partition coefficient (Wildman–Crippen LogP) is 6.53. The fourth-order valence-electron chi connectivity index (χ4n) is 3.09. The van der Waals surface area contributed by atoms with Gasteiger partial charge < -0.3 is 14.2 Å². The van der Waals surface area contributed by atoms with Crippen LogP contribution in [0.4, 0.5) is 0 Å². The summed E-state index contributed by atoms with van der Waals surface area (Å²) in [6, 6.07) is 20.8. The lowest BCUT2D eigenvalue weighted by Crippen LogP contribution is -2.05. The molecule has 0 fully saturated rings. The largest absolute Gasteiger partial charge is 0.490 e. The van der Waals surface area contributed by atoms with E-state index in [4.69, 9.17) is 14.2 Å². The lowest BCUT2D eigenvalue weighted by atomic mass is 10.1. The van der Waals surface area contributed by atoms with Crippen molar-refractivity contribution in [3.05, 3.63) is 98.1 Å². The van der Waals surface area contributed by atoms with Crippen LogP contribution >= 0.6 is 31.9 Å².